The summed E-state index contributed by atoms with van der Waals surface area (Å²) in [6.45, 7) is 6.32. The SMILES string of the molecule is Cn1cc(C2CN(C(=O)COCc3nc4ccccc4s3)CC2(C)C)cn1. The Balaban J connectivity index is 1.34. The third kappa shape index (κ3) is 3.75. The minimum atomic E-state index is 0.0196. The van der Waals surface area contributed by atoms with E-state index in [1.54, 1.807) is 11.3 Å². The number of aromatic nitrogens is 3. The number of rotatable bonds is 5. The quantitative estimate of drug-likeness (QED) is 0.678. The maximum Gasteiger partial charge on any atom is 0.248 e. The lowest BCUT2D eigenvalue weighted by atomic mass is 9.79. The van der Waals surface area contributed by atoms with Crippen LogP contribution in [-0.2, 0) is 23.2 Å². The molecule has 6 nitrogen and oxygen atoms in total. The lowest BCUT2D eigenvalue weighted by Gasteiger charge is -2.24. The number of nitrogens with zero attached hydrogens (tertiary/aromatic N) is 4. The normalized spacial score (nSPS) is 19.1. The summed E-state index contributed by atoms with van der Waals surface area (Å²) in [6.07, 6.45) is 3.95. The maximum absolute atomic E-state index is 12.6. The van der Waals surface area contributed by atoms with E-state index in [0.29, 0.717) is 19.1 Å². The Morgan fingerprint density at radius 3 is 2.93 bits per heavy atom. The van der Waals surface area contributed by atoms with Crippen molar-refractivity contribution in [2.45, 2.75) is 26.4 Å². The van der Waals surface area contributed by atoms with Crippen molar-refractivity contribution in [3.05, 3.63) is 47.2 Å². The number of thiazole rings is 1. The highest BCUT2D eigenvalue weighted by Gasteiger charge is 2.42. The molecular weight excluding hydrogens is 360 g/mol. The van der Waals surface area contributed by atoms with Crippen LogP contribution >= 0.6 is 11.3 Å². The molecule has 0 N–H and O–H groups in total. The van der Waals surface area contributed by atoms with Crippen LogP contribution in [0.2, 0.25) is 0 Å². The number of fused-ring (bicyclic) bond motifs is 1. The van der Waals surface area contributed by atoms with E-state index in [9.17, 15) is 4.79 Å². The van der Waals surface area contributed by atoms with E-state index in [2.05, 4.69) is 23.9 Å². The smallest absolute Gasteiger partial charge is 0.248 e. The second kappa shape index (κ2) is 7.05. The molecule has 0 spiro atoms. The first-order valence-corrected chi connectivity index (χ1v) is 9.92. The Kier molecular flexibility index (Phi) is 4.74. The number of carbonyl (C=O) groups is 1. The predicted octanol–water partition coefficient (Wildman–Crippen LogP) is 3.20. The number of ether oxygens (including phenoxy) is 1. The highest BCUT2D eigenvalue weighted by atomic mass is 32.1. The first kappa shape index (κ1) is 18.1. The van der Waals surface area contributed by atoms with Crippen molar-refractivity contribution in [2.75, 3.05) is 19.7 Å². The van der Waals surface area contributed by atoms with Crippen molar-refractivity contribution >= 4 is 27.5 Å². The summed E-state index contributed by atoms with van der Waals surface area (Å²) < 4.78 is 8.64. The fourth-order valence-electron chi connectivity index (χ4n) is 3.80. The van der Waals surface area contributed by atoms with Gasteiger partial charge in [0.1, 0.15) is 11.6 Å². The van der Waals surface area contributed by atoms with Crippen molar-refractivity contribution in [3.63, 3.8) is 0 Å². The summed E-state index contributed by atoms with van der Waals surface area (Å²) in [7, 11) is 1.92. The molecule has 142 valence electrons. The van der Waals surface area contributed by atoms with E-state index in [0.717, 1.165) is 21.8 Å². The topological polar surface area (TPSA) is 60.2 Å². The molecule has 1 saturated heterocycles. The molecule has 7 heteroatoms. The maximum atomic E-state index is 12.6. The van der Waals surface area contributed by atoms with Gasteiger partial charge in [0.2, 0.25) is 5.91 Å². The van der Waals surface area contributed by atoms with Gasteiger partial charge in [-0.3, -0.25) is 9.48 Å². The number of carbonyl (C=O) groups excluding carboxylic acids is 1. The summed E-state index contributed by atoms with van der Waals surface area (Å²) in [5.74, 6) is 0.329. The average molecular weight is 385 g/mol. The molecule has 0 aliphatic carbocycles. The Morgan fingerprint density at radius 2 is 2.19 bits per heavy atom. The first-order valence-electron chi connectivity index (χ1n) is 9.11. The van der Waals surface area contributed by atoms with Crippen molar-refractivity contribution < 1.29 is 9.53 Å². The minimum absolute atomic E-state index is 0.0196. The van der Waals surface area contributed by atoms with Crippen molar-refractivity contribution in [3.8, 4) is 0 Å². The van der Waals surface area contributed by atoms with Gasteiger partial charge in [-0.25, -0.2) is 4.98 Å². The summed E-state index contributed by atoms with van der Waals surface area (Å²) in [5.41, 5.74) is 2.19. The Labute approximate surface area is 162 Å². The van der Waals surface area contributed by atoms with Crippen LogP contribution in [0.5, 0.6) is 0 Å². The van der Waals surface area contributed by atoms with Crippen LogP contribution in [0.4, 0.5) is 0 Å². The fourth-order valence-corrected chi connectivity index (χ4v) is 4.70. The number of hydrogen-bond acceptors (Lipinski definition) is 5. The third-order valence-electron chi connectivity index (χ3n) is 5.21. The molecule has 1 aliphatic heterocycles. The van der Waals surface area contributed by atoms with Gasteiger partial charge in [-0.2, -0.15) is 5.10 Å². The lowest BCUT2D eigenvalue weighted by Crippen LogP contribution is -2.33. The first-order chi connectivity index (χ1) is 12.9. The number of aryl methyl sites for hydroxylation is 1. The summed E-state index contributed by atoms with van der Waals surface area (Å²) in [5, 5.41) is 5.18. The van der Waals surface area contributed by atoms with E-state index in [4.69, 9.17) is 4.74 Å². The van der Waals surface area contributed by atoms with Gasteiger partial charge in [0.25, 0.3) is 0 Å². The second-order valence-corrected chi connectivity index (χ2v) is 8.95. The fraction of sp³-hybridized carbons (Fsp3) is 0.450. The number of hydrogen-bond donors (Lipinski definition) is 0. The molecule has 3 heterocycles. The van der Waals surface area contributed by atoms with Gasteiger partial charge in [0.05, 0.1) is 23.0 Å². The molecule has 1 amide bonds. The van der Waals surface area contributed by atoms with Crippen LogP contribution in [0.3, 0.4) is 0 Å². The van der Waals surface area contributed by atoms with Gasteiger partial charge >= 0.3 is 0 Å². The van der Waals surface area contributed by atoms with Crippen LogP contribution in [0.15, 0.2) is 36.7 Å². The van der Waals surface area contributed by atoms with Gasteiger partial charge in [-0.15, -0.1) is 11.3 Å². The van der Waals surface area contributed by atoms with Crippen molar-refractivity contribution in [1.82, 2.24) is 19.7 Å². The Hall–Kier alpha value is -2.25. The largest absolute Gasteiger partial charge is 0.364 e. The van der Waals surface area contributed by atoms with Crippen LogP contribution in [0.1, 0.15) is 30.3 Å². The highest BCUT2D eigenvalue weighted by Crippen LogP contribution is 2.42. The van der Waals surface area contributed by atoms with Crippen molar-refractivity contribution in [1.29, 1.82) is 0 Å². The van der Waals surface area contributed by atoms with E-state index >= 15 is 0 Å². The van der Waals surface area contributed by atoms with Crippen LogP contribution in [0.25, 0.3) is 10.2 Å². The zero-order valence-electron chi connectivity index (χ0n) is 15.9. The zero-order valence-corrected chi connectivity index (χ0v) is 16.7. The molecule has 0 bridgehead atoms. The number of amides is 1. The number of benzene rings is 1. The molecule has 1 aliphatic rings. The Morgan fingerprint density at radius 1 is 1.37 bits per heavy atom. The van der Waals surface area contributed by atoms with E-state index < -0.39 is 0 Å². The standard InChI is InChI=1S/C20H24N4O2S/c1-20(2)13-24(10-15(20)14-8-21-23(3)9-14)19(25)12-26-11-18-22-16-6-4-5-7-17(16)27-18/h4-9,15H,10-13H2,1-3H3. The molecule has 3 aromatic rings. The molecule has 0 saturated carbocycles. The zero-order chi connectivity index (χ0) is 19.0. The highest BCUT2D eigenvalue weighted by molar-refractivity contribution is 7.18. The molecule has 1 aromatic carbocycles. The van der Waals surface area contributed by atoms with Gasteiger partial charge in [-0.1, -0.05) is 26.0 Å². The van der Waals surface area contributed by atoms with E-state index in [1.165, 1.54) is 5.56 Å². The van der Waals surface area contributed by atoms with E-state index in [1.807, 2.05) is 53.3 Å². The number of para-hydroxylation sites is 1. The molecule has 1 fully saturated rings. The minimum Gasteiger partial charge on any atom is -0.364 e. The molecule has 1 unspecified atom stereocenters. The van der Waals surface area contributed by atoms with Gasteiger partial charge in [0, 0.05) is 32.3 Å². The Bertz CT molecular complexity index is 929. The number of likely N-dealkylation sites (tertiary alicyclic amines) is 1. The van der Waals surface area contributed by atoms with Gasteiger partial charge in [0.15, 0.2) is 0 Å². The lowest BCUT2D eigenvalue weighted by molar-refractivity contribution is -0.135. The third-order valence-corrected chi connectivity index (χ3v) is 6.22. The van der Waals surface area contributed by atoms with Crippen LogP contribution in [0, 0.1) is 5.41 Å². The summed E-state index contributed by atoms with van der Waals surface area (Å²) in [6, 6.07) is 8.02. The summed E-state index contributed by atoms with van der Waals surface area (Å²) in [4.78, 5) is 19.1. The molecular formula is C20H24N4O2S. The molecule has 27 heavy (non-hydrogen) atoms. The monoisotopic (exact) mass is 384 g/mol. The van der Waals surface area contributed by atoms with Gasteiger partial charge < -0.3 is 9.64 Å². The summed E-state index contributed by atoms with van der Waals surface area (Å²) >= 11 is 1.61. The van der Waals surface area contributed by atoms with Crippen LogP contribution < -0.4 is 0 Å². The molecule has 0 radical (unpaired) electrons. The van der Waals surface area contributed by atoms with Crippen molar-refractivity contribution in [2.24, 2.45) is 12.5 Å². The second-order valence-electron chi connectivity index (χ2n) is 7.83. The molecule has 1 atom stereocenters. The average Bonchev–Trinajstić information content (AvgIpc) is 3.30. The molecule has 2 aromatic heterocycles. The van der Waals surface area contributed by atoms with E-state index in [-0.39, 0.29) is 17.9 Å². The van der Waals surface area contributed by atoms with Gasteiger partial charge in [-0.05, 0) is 23.1 Å². The molecule has 4 rings (SSSR count). The van der Waals surface area contributed by atoms with Crippen LogP contribution in [-0.4, -0.2) is 45.3 Å². The predicted molar refractivity (Wildman–Crippen MR) is 106 cm³/mol.